The summed E-state index contributed by atoms with van der Waals surface area (Å²) in [6.07, 6.45) is 2.24. The van der Waals surface area contributed by atoms with Gasteiger partial charge in [-0.1, -0.05) is 54.9 Å². The van der Waals surface area contributed by atoms with E-state index in [1.807, 2.05) is 0 Å². The molecule has 0 aromatic carbocycles. The summed E-state index contributed by atoms with van der Waals surface area (Å²) in [6, 6.07) is 0. The summed E-state index contributed by atoms with van der Waals surface area (Å²) in [7, 11) is 0. The fourth-order valence-corrected chi connectivity index (χ4v) is 2.23. The van der Waals surface area contributed by atoms with E-state index in [0.717, 1.165) is 12.8 Å². The third-order valence-corrected chi connectivity index (χ3v) is 3.78. The van der Waals surface area contributed by atoms with Crippen molar-refractivity contribution in [3.63, 3.8) is 0 Å². The first kappa shape index (κ1) is 15.9. The minimum Gasteiger partial charge on any atom is -0.723 e. The van der Waals surface area contributed by atoms with Gasteiger partial charge in [0.1, 0.15) is 0 Å². The highest BCUT2D eigenvalue weighted by atomic mass is 17.1. The van der Waals surface area contributed by atoms with E-state index in [2.05, 4.69) is 53.4 Å². The predicted molar refractivity (Wildman–Crippen MR) is 66.8 cm³/mol. The van der Waals surface area contributed by atoms with Crippen LogP contribution in [0.5, 0.6) is 0 Å². The van der Waals surface area contributed by atoms with Gasteiger partial charge in [0.05, 0.1) is 0 Å². The Labute approximate surface area is 101 Å². The maximum atomic E-state index is 10.4. The van der Waals surface area contributed by atoms with E-state index in [0.29, 0.717) is 23.9 Å². The molecule has 98 valence electrons. The van der Waals surface area contributed by atoms with Crippen LogP contribution >= 0.6 is 0 Å². The van der Waals surface area contributed by atoms with Gasteiger partial charge in [-0.05, 0) is 29.1 Å². The molecule has 0 aromatic heterocycles. The molecule has 16 heavy (non-hydrogen) atoms. The maximum absolute atomic E-state index is 10.4. The second-order valence-electron chi connectivity index (χ2n) is 7.05. The van der Waals surface area contributed by atoms with Crippen molar-refractivity contribution in [2.75, 3.05) is 6.61 Å². The van der Waals surface area contributed by atoms with Gasteiger partial charge in [-0.25, -0.2) is 0 Å². The number of hydrogen-bond acceptors (Lipinski definition) is 2. The summed E-state index contributed by atoms with van der Waals surface area (Å²) in [5.74, 6) is 0.987. The Balaban J connectivity index is 4.60. The van der Waals surface area contributed by atoms with Crippen LogP contribution in [-0.4, -0.2) is 6.61 Å². The standard InChI is InChI=1S/C14H30O2/c1-8-11(13(2,3)4)9-12(10-16-15)14(5,6)7/h11-12,15H,8-10H2,1-7H3/p-1. The van der Waals surface area contributed by atoms with E-state index < -0.39 is 0 Å². The fraction of sp³-hybridized carbons (Fsp3) is 1.00. The number of hydrogen-bond donors (Lipinski definition) is 0. The van der Waals surface area contributed by atoms with Crippen LogP contribution in [0.2, 0.25) is 0 Å². The normalized spacial score (nSPS) is 17.2. The van der Waals surface area contributed by atoms with Gasteiger partial charge in [-0.15, -0.1) is 0 Å². The molecular weight excluding hydrogens is 200 g/mol. The van der Waals surface area contributed by atoms with Gasteiger partial charge in [0.15, 0.2) is 0 Å². The lowest BCUT2D eigenvalue weighted by Crippen LogP contribution is -2.32. The minimum atomic E-state index is 0.142. The molecule has 0 aromatic rings. The number of rotatable bonds is 5. The van der Waals surface area contributed by atoms with Crippen molar-refractivity contribution in [1.82, 2.24) is 0 Å². The van der Waals surface area contributed by atoms with Gasteiger partial charge in [-0.3, -0.25) is 0 Å². The average Bonchev–Trinajstić information content (AvgIpc) is 2.07. The molecule has 2 unspecified atom stereocenters. The van der Waals surface area contributed by atoms with Gasteiger partial charge >= 0.3 is 0 Å². The molecule has 0 N–H and O–H groups in total. The summed E-state index contributed by atoms with van der Waals surface area (Å²) in [5.41, 5.74) is 0.449. The van der Waals surface area contributed by atoms with Crippen LogP contribution in [0, 0.1) is 22.7 Å². The predicted octanol–water partition coefficient (Wildman–Crippen LogP) is 3.40. The molecule has 0 aliphatic heterocycles. The van der Waals surface area contributed by atoms with Crippen LogP contribution in [0.3, 0.4) is 0 Å². The summed E-state index contributed by atoms with van der Waals surface area (Å²) < 4.78 is 0. The third kappa shape index (κ3) is 5.31. The van der Waals surface area contributed by atoms with Crippen molar-refractivity contribution in [2.24, 2.45) is 22.7 Å². The zero-order chi connectivity index (χ0) is 13.0. The Hall–Kier alpha value is -0.0800. The SMILES string of the molecule is CCC(CC(CO[O-])C(C)(C)C)C(C)(C)C. The van der Waals surface area contributed by atoms with Crippen LogP contribution in [0.4, 0.5) is 0 Å². The molecule has 0 fully saturated rings. The summed E-state index contributed by atoms with van der Waals surface area (Å²) in [5, 5.41) is 10.4. The first-order valence-electron chi connectivity index (χ1n) is 6.37. The lowest BCUT2D eigenvalue weighted by molar-refractivity contribution is -0.692. The second-order valence-corrected chi connectivity index (χ2v) is 7.05. The quantitative estimate of drug-likeness (QED) is 0.534. The van der Waals surface area contributed by atoms with E-state index >= 15 is 0 Å². The largest absolute Gasteiger partial charge is 0.723 e. The van der Waals surface area contributed by atoms with Crippen LogP contribution < -0.4 is 5.26 Å². The average molecular weight is 229 g/mol. The molecule has 0 saturated carbocycles. The van der Waals surface area contributed by atoms with Crippen molar-refractivity contribution in [1.29, 1.82) is 0 Å². The second kappa shape index (κ2) is 6.02. The van der Waals surface area contributed by atoms with Gasteiger partial charge in [0, 0.05) is 6.61 Å². The van der Waals surface area contributed by atoms with E-state index in [9.17, 15) is 5.26 Å². The van der Waals surface area contributed by atoms with Crippen LogP contribution in [0.1, 0.15) is 61.3 Å². The van der Waals surface area contributed by atoms with Gasteiger partial charge in [0.25, 0.3) is 0 Å². The first-order chi connectivity index (χ1) is 7.12. The molecule has 2 atom stereocenters. The van der Waals surface area contributed by atoms with Gasteiger partial charge in [-0.2, -0.15) is 0 Å². The molecule has 0 amide bonds. The molecule has 0 heterocycles. The van der Waals surface area contributed by atoms with Crippen molar-refractivity contribution in [3.05, 3.63) is 0 Å². The highest BCUT2D eigenvalue weighted by molar-refractivity contribution is 4.81. The molecular formula is C14H29O2-. The molecule has 0 aliphatic rings. The van der Waals surface area contributed by atoms with Crippen molar-refractivity contribution >= 4 is 0 Å². The molecule has 2 nitrogen and oxygen atoms in total. The summed E-state index contributed by atoms with van der Waals surface area (Å²) in [6.45, 7) is 15.9. The highest BCUT2D eigenvalue weighted by Crippen LogP contribution is 2.39. The van der Waals surface area contributed by atoms with E-state index in [4.69, 9.17) is 0 Å². The Morgan fingerprint density at radius 1 is 0.938 bits per heavy atom. The van der Waals surface area contributed by atoms with Crippen LogP contribution in [-0.2, 0) is 4.89 Å². The van der Waals surface area contributed by atoms with Crippen molar-refractivity contribution in [2.45, 2.75) is 61.3 Å². The van der Waals surface area contributed by atoms with Crippen molar-refractivity contribution in [3.8, 4) is 0 Å². The molecule has 0 bridgehead atoms. The minimum absolute atomic E-state index is 0.142. The lowest BCUT2D eigenvalue weighted by Gasteiger charge is -2.38. The molecule has 0 aliphatic carbocycles. The topological polar surface area (TPSA) is 32.3 Å². The summed E-state index contributed by atoms with van der Waals surface area (Å²) in [4.78, 5) is 4.14. The van der Waals surface area contributed by atoms with Gasteiger partial charge in [0.2, 0.25) is 0 Å². The van der Waals surface area contributed by atoms with E-state index in [1.165, 1.54) is 0 Å². The Bertz CT molecular complexity index is 186. The molecule has 0 rings (SSSR count). The Morgan fingerprint density at radius 2 is 1.38 bits per heavy atom. The Kier molecular flexibility index (Phi) is 5.99. The first-order valence-corrected chi connectivity index (χ1v) is 6.37. The van der Waals surface area contributed by atoms with Crippen LogP contribution in [0.15, 0.2) is 0 Å². The molecule has 0 spiro atoms. The Morgan fingerprint density at radius 3 is 1.62 bits per heavy atom. The van der Waals surface area contributed by atoms with Crippen LogP contribution in [0.25, 0.3) is 0 Å². The molecule has 0 radical (unpaired) electrons. The van der Waals surface area contributed by atoms with E-state index in [-0.39, 0.29) is 5.41 Å². The molecule has 2 heteroatoms. The maximum Gasteiger partial charge on any atom is 0.0374 e. The molecule has 0 saturated heterocycles. The van der Waals surface area contributed by atoms with E-state index in [1.54, 1.807) is 0 Å². The third-order valence-electron chi connectivity index (χ3n) is 3.78. The highest BCUT2D eigenvalue weighted by Gasteiger charge is 2.31. The zero-order valence-corrected chi connectivity index (χ0v) is 12.1. The fourth-order valence-electron chi connectivity index (χ4n) is 2.23. The van der Waals surface area contributed by atoms with Crippen molar-refractivity contribution < 1.29 is 10.1 Å². The smallest absolute Gasteiger partial charge is 0.0374 e. The lowest BCUT2D eigenvalue weighted by atomic mass is 9.69. The summed E-state index contributed by atoms with van der Waals surface area (Å²) >= 11 is 0. The van der Waals surface area contributed by atoms with Gasteiger partial charge < -0.3 is 10.1 Å². The zero-order valence-electron chi connectivity index (χ0n) is 12.1. The monoisotopic (exact) mass is 229 g/mol.